The van der Waals surface area contributed by atoms with Crippen LogP contribution in [0.3, 0.4) is 0 Å². The third-order valence-electron chi connectivity index (χ3n) is 4.78. The summed E-state index contributed by atoms with van der Waals surface area (Å²) in [5.41, 5.74) is 4.05. The van der Waals surface area contributed by atoms with Crippen LogP contribution < -0.4 is 26.4 Å². The Hall–Kier alpha value is -3.11. The zero-order chi connectivity index (χ0) is 19.5. The fourth-order valence-corrected chi connectivity index (χ4v) is 3.23. The Bertz CT molecular complexity index is 1060. The summed E-state index contributed by atoms with van der Waals surface area (Å²) in [5, 5.41) is 0. The summed E-state index contributed by atoms with van der Waals surface area (Å²) in [4.78, 5) is 12.6. The Morgan fingerprint density at radius 1 is 1.07 bits per heavy atom. The number of carbonyl (C=O) groups is 1. The predicted molar refractivity (Wildman–Crippen MR) is 107 cm³/mol. The van der Waals surface area contributed by atoms with E-state index in [2.05, 4.69) is 29.7 Å². The van der Waals surface area contributed by atoms with Crippen molar-refractivity contribution in [1.82, 2.24) is 0 Å². The number of pyridine rings is 1. The molecule has 5 heteroatoms. The average molecular weight is 408 g/mol. The molecule has 148 valence electrons. The smallest absolute Gasteiger partial charge is 0.231 e. The van der Waals surface area contributed by atoms with Crippen LogP contribution in [-0.2, 0) is 6.54 Å². The van der Waals surface area contributed by atoms with Crippen molar-refractivity contribution in [3.63, 3.8) is 0 Å². The molecule has 0 radical (unpaired) electrons. The topological polar surface area (TPSA) is 39.4 Å². The molecule has 2 aromatic carbocycles. The maximum Gasteiger partial charge on any atom is 0.231 e. The van der Waals surface area contributed by atoms with E-state index in [1.54, 1.807) is 24.3 Å². The molecule has 0 atom stereocenters. The van der Waals surface area contributed by atoms with Crippen molar-refractivity contribution in [2.45, 2.75) is 20.4 Å². The van der Waals surface area contributed by atoms with Crippen LogP contribution in [0.1, 0.15) is 34.0 Å². The summed E-state index contributed by atoms with van der Waals surface area (Å²) in [5.74, 6) is 1.48. The van der Waals surface area contributed by atoms with Gasteiger partial charge in [0.15, 0.2) is 24.7 Å². The second-order valence-electron chi connectivity index (χ2n) is 6.76. The van der Waals surface area contributed by atoms with Crippen LogP contribution in [0.15, 0.2) is 72.8 Å². The summed E-state index contributed by atoms with van der Waals surface area (Å²) in [6, 6.07) is 17.6. The Balaban J connectivity index is 0.00000240. The molecule has 0 fully saturated rings. The molecular weight excluding hydrogens is 386 g/mol. The molecule has 0 unspecified atom stereocenters. The number of Topliss-reactive ketones (excluding diaryl/α,β-unsaturated/α-hetero) is 1. The minimum Gasteiger partial charge on any atom is -1.00 e. The summed E-state index contributed by atoms with van der Waals surface area (Å²) in [6.45, 7) is 5.42. The molecule has 0 bridgehead atoms. The third kappa shape index (κ3) is 4.49. The largest absolute Gasteiger partial charge is 1.00 e. The number of ether oxygens (including phenoxy) is 2. The molecule has 0 aliphatic carbocycles. The van der Waals surface area contributed by atoms with Gasteiger partial charge in [0.05, 0.1) is 12.2 Å². The van der Waals surface area contributed by atoms with Gasteiger partial charge in [-0.2, -0.15) is 0 Å². The van der Waals surface area contributed by atoms with Crippen molar-refractivity contribution in [3.05, 3.63) is 95.0 Å². The Kier molecular flexibility index (Phi) is 6.35. The molecule has 1 aromatic heterocycles. The molecule has 2 heterocycles. The molecule has 0 N–H and O–H groups in total. The van der Waals surface area contributed by atoms with Gasteiger partial charge in [0.2, 0.25) is 5.78 Å². The molecule has 1 aliphatic rings. The van der Waals surface area contributed by atoms with Gasteiger partial charge in [0.1, 0.15) is 11.5 Å². The minimum absolute atomic E-state index is 0. The van der Waals surface area contributed by atoms with Gasteiger partial charge in [-0.3, -0.25) is 4.79 Å². The summed E-state index contributed by atoms with van der Waals surface area (Å²) < 4.78 is 13.4. The first-order valence-electron chi connectivity index (χ1n) is 9.39. The van der Waals surface area contributed by atoms with E-state index in [-0.39, 0.29) is 18.2 Å². The van der Waals surface area contributed by atoms with E-state index in [1.807, 2.05) is 37.5 Å². The first-order chi connectivity index (χ1) is 13.6. The highest BCUT2D eigenvalue weighted by atomic mass is 35.5. The Morgan fingerprint density at radius 3 is 2.55 bits per heavy atom. The van der Waals surface area contributed by atoms with Crippen molar-refractivity contribution >= 4 is 11.9 Å². The highest BCUT2D eigenvalue weighted by molar-refractivity contribution is 6.14. The number of fused-ring (bicyclic) bond motifs is 1. The summed E-state index contributed by atoms with van der Waals surface area (Å²) in [7, 11) is 0. The molecular formula is C24H22ClNO3. The van der Waals surface area contributed by atoms with Crippen molar-refractivity contribution in [3.8, 4) is 11.5 Å². The number of rotatable bonds is 5. The molecule has 4 nitrogen and oxygen atoms in total. The minimum atomic E-state index is -0.102. The number of aromatic nitrogens is 1. The summed E-state index contributed by atoms with van der Waals surface area (Å²) in [6.07, 6.45) is 5.80. The van der Waals surface area contributed by atoms with Crippen LogP contribution in [0.5, 0.6) is 11.5 Å². The van der Waals surface area contributed by atoms with Crippen LogP contribution in [-0.4, -0.2) is 12.4 Å². The van der Waals surface area contributed by atoms with Gasteiger partial charge in [-0.1, -0.05) is 24.3 Å². The van der Waals surface area contributed by atoms with E-state index >= 15 is 0 Å². The van der Waals surface area contributed by atoms with Gasteiger partial charge < -0.3 is 21.9 Å². The summed E-state index contributed by atoms with van der Waals surface area (Å²) >= 11 is 0. The SMILES string of the molecule is CCOc1ccc2c(c1)O/C(=C\c1cc[n+](Cc3ccccc3C)cc1)C2=O.[Cl-]. The highest BCUT2D eigenvalue weighted by Gasteiger charge is 2.27. The van der Waals surface area contributed by atoms with Crippen molar-refractivity contribution in [2.24, 2.45) is 0 Å². The average Bonchev–Trinajstić information content (AvgIpc) is 3.00. The molecule has 0 saturated heterocycles. The maximum atomic E-state index is 12.6. The van der Waals surface area contributed by atoms with E-state index in [0.717, 1.165) is 12.1 Å². The number of ketones is 1. The number of hydrogen-bond acceptors (Lipinski definition) is 3. The van der Waals surface area contributed by atoms with Crippen LogP contribution >= 0.6 is 0 Å². The van der Waals surface area contributed by atoms with Gasteiger partial charge >= 0.3 is 0 Å². The number of aryl methyl sites for hydroxylation is 1. The lowest BCUT2D eigenvalue weighted by molar-refractivity contribution is -0.688. The van der Waals surface area contributed by atoms with E-state index in [1.165, 1.54) is 11.1 Å². The maximum absolute atomic E-state index is 12.6. The Labute approximate surface area is 176 Å². The van der Waals surface area contributed by atoms with Crippen molar-refractivity contribution in [2.75, 3.05) is 6.61 Å². The standard InChI is InChI=1S/C24H22NO3.ClH/c1-3-27-20-8-9-21-22(15-20)28-23(24(21)26)14-18-10-12-25(13-11-18)16-19-7-5-4-6-17(19)2;/h4-15H,3,16H2,1-2H3;1H/q+1;/p-1/b23-14-;. The van der Waals surface area contributed by atoms with Crippen LogP contribution in [0.2, 0.25) is 0 Å². The number of benzene rings is 2. The lowest BCUT2D eigenvalue weighted by Gasteiger charge is -2.04. The van der Waals surface area contributed by atoms with E-state index in [4.69, 9.17) is 9.47 Å². The number of nitrogens with zero attached hydrogens (tertiary/aromatic N) is 1. The molecule has 0 spiro atoms. The second-order valence-corrected chi connectivity index (χ2v) is 6.76. The van der Waals surface area contributed by atoms with Crippen molar-refractivity contribution < 1.29 is 31.2 Å². The van der Waals surface area contributed by atoms with Crippen LogP contribution in [0.4, 0.5) is 0 Å². The fourth-order valence-electron chi connectivity index (χ4n) is 3.23. The van der Waals surface area contributed by atoms with Gasteiger partial charge in [0.25, 0.3) is 0 Å². The van der Waals surface area contributed by atoms with Gasteiger partial charge in [0, 0.05) is 23.8 Å². The number of halogens is 1. The predicted octanol–water partition coefficient (Wildman–Crippen LogP) is 1.35. The zero-order valence-electron chi connectivity index (χ0n) is 16.4. The van der Waals surface area contributed by atoms with E-state index < -0.39 is 0 Å². The molecule has 0 saturated carbocycles. The van der Waals surface area contributed by atoms with Gasteiger partial charge in [-0.15, -0.1) is 0 Å². The lowest BCUT2D eigenvalue weighted by Crippen LogP contribution is -3.00. The molecule has 1 aliphatic heterocycles. The fraction of sp³-hybridized carbons (Fsp3) is 0.167. The van der Waals surface area contributed by atoms with Gasteiger partial charge in [-0.25, -0.2) is 4.57 Å². The van der Waals surface area contributed by atoms with E-state index in [9.17, 15) is 4.79 Å². The van der Waals surface area contributed by atoms with Crippen molar-refractivity contribution in [1.29, 1.82) is 0 Å². The molecule has 29 heavy (non-hydrogen) atoms. The third-order valence-corrected chi connectivity index (χ3v) is 4.78. The highest BCUT2D eigenvalue weighted by Crippen LogP contribution is 2.34. The lowest BCUT2D eigenvalue weighted by atomic mass is 10.1. The normalized spacial score (nSPS) is 13.6. The quantitative estimate of drug-likeness (QED) is 0.473. The number of carbonyl (C=O) groups excluding carboxylic acids is 1. The van der Waals surface area contributed by atoms with Gasteiger partial charge in [-0.05, 0) is 43.2 Å². The first-order valence-corrected chi connectivity index (χ1v) is 9.39. The monoisotopic (exact) mass is 407 g/mol. The van der Waals surface area contributed by atoms with Crippen LogP contribution in [0.25, 0.3) is 6.08 Å². The zero-order valence-corrected chi connectivity index (χ0v) is 17.1. The Morgan fingerprint density at radius 2 is 1.83 bits per heavy atom. The number of hydrogen-bond donors (Lipinski definition) is 0. The van der Waals surface area contributed by atoms with Crippen LogP contribution in [0, 0.1) is 6.92 Å². The molecule has 3 aromatic rings. The second kappa shape index (κ2) is 8.93. The van der Waals surface area contributed by atoms with E-state index in [0.29, 0.717) is 29.4 Å². The number of allylic oxidation sites excluding steroid dienone is 1. The molecule has 4 rings (SSSR count). The molecule has 0 amide bonds. The first kappa shape index (κ1) is 20.6.